The molecule has 0 amide bonds. The van der Waals surface area contributed by atoms with Gasteiger partial charge in [0.05, 0.1) is 5.56 Å². The van der Waals surface area contributed by atoms with E-state index in [4.69, 9.17) is 0 Å². The van der Waals surface area contributed by atoms with E-state index in [2.05, 4.69) is 75.8 Å². The van der Waals surface area contributed by atoms with Gasteiger partial charge in [-0.3, -0.25) is 0 Å². The van der Waals surface area contributed by atoms with E-state index in [9.17, 15) is 0 Å². The minimum Gasteiger partial charge on any atom is -0.201 e. The standard InChI is InChI=1S/C18H22N/c1-12-8-6-10-15-16(12)17-14(9-7-11-19(17)5)13(2)18(15,3)4/h6-11,13H,1-5H3/q+1. The summed E-state index contributed by atoms with van der Waals surface area (Å²) in [6.45, 7) is 9.31. The van der Waals surface area contributed by atoms with Gasteiger partial charge >= 0.3 is 0 Å². The summed E-state index contributed by atoms with van der Waals surface area (Å²) in [5.74, 6) is 0.532. The highest BCUT2D eigenvalue weighted by atomic mass is 14.9. The molecule has 1 nitrogen and oxygen atoms in total. The first-order valence-corrected chi connectivity index (χ1v) is 7.03. The Morgan fingerprint density at radius 1 is 1.11 bits per heavy atom. The van der Waals surface area contributed by atoms with Crippen molar-refractivity contribution in [2.75, 3.05) is 0 Å². The van der Waals surface area contributed by atoms with Crippen molar-refractivity contribution in [1.29, 1.82) is 0 Å². The number of fused-ring (bicyclic) bond motifs is 3. The predicted molar refractivity (Wildman–Crippen MR) is 79.2 cm³/mol. The molecule has 0 fully saturated rings. The van der Waals surface area contributed by atoms with Crippen LogP contribution in [0.25, 0.3) is 11.3 Å². The van der Waals surface area contributed by atoms with E-state index in [0.29, 0.717) is 5.92 Å². The summed E-state index contributed by atoms with van der Waals surface area (Å²) in [4.78, 5) is 0. The summed E-state index contributed by atoms with van der Waals surface area (Å²) in [5.41, 5.74) is 7.33. The van der Waals surface area contributed by atoms with Crippen molar-refractivity contribution in [1.82, 2.24) is 0 Å². The molecule has 1 aromatic heterocycles. The Kier molecular flexibility index (Phi) is 2.57. The van der Waals surface area contributed by atoms with Crippen LogP contribution in [0.5, 0.6) is 0 Å². The molecule has 1 aliphatic carbocycles. The fourth-order valence-electron chi connectivity index (χ4n) is 3.44. The molecule has 0 N–H and O–H groups in total. The molecule has 0 bridgehead atoms. The lowest BCUT2D eigenvalue weighted by molar-refractivity contribution is -0.661. The summed E-state index contributed by atoms with van der Waals surface area (Å²) in [6.07, 6.45) is 2.15. The van der Waals surface area contributed by atoms with E-state index >= 15 is 0 Å². The minimum absolute atomic E-state index is 0.183. The van der Waals surface area contributed by atoms with E-state index in [0.717, 1.165) is 0 Å². The molecule has 0 spiro atoms. The van der Waals surface area contributed by atoms with Crippen LogP contribution in [0, 0.1) is 6.92 Å². The number of nitrogens with zero attached hydrogens (tertiary/aromatic N) is 1. The number of hydrogen-bond donors (Lipinski definition) is 0. The Balaban J connectivity index is 2.46. The van der Waals surface area contributed by atoms with Crippen molar-refractivity contribution in [3.8, 4) is 11.3 Å². The van der Waals surface area contributed by atoms with Gasteiger partial charge in [0.1, 0.15) is 7.05 Å². The van der Waals surface area contributed by atoms with E-state index in [1.54, 1.807) is 0 Å². The van der Waals surface area contributed by atoms with Gasteiger partial charge < -0.3 is 0 Å². The average molecular weight is 252 g/mol. The average Bonchev–Trinajstić information content (AvgIpc) is 2.36. The van der Waals surface area contributed by atoms with Gasteiger partial charge in [-0.2, -0.15) is 0 Å². The number of benzene rings is 1. The molecular weight excluding hydrogens is 230 g/mol. The largest absolute Gasteiger partial charge is 0.216 e. The number of aromatic nitrogens is 1. The molecule has 1 aliphatic rings. The number of rotatable bonds is 0. The Bertz CT molecular complexity index is 653. The van der Waals surface area contributed by atoms with Gasteiger partial charge in [-0.05, 0) is 35.4 Å². The monoisotopic (exact) mass is 252 g/mol. The first kappa shape index (κ1) is 12.4. The van der Waals surface area contributed by atoms with Gasteiger partial charge in [0.15, 0.2) is 6.20 Å². The molecule has 1 unspecified atom stereocenters. The maximum absolute atomic E-state index is 2.37. The van der Waals surface area contributed by atoms with Crippen LogP contribution in [-0.2, 0) is 12.5 Å². The summed E-state index contributed by atoms with van der Waals surface area (Å²) >= 11 is 0. The quantitative estimate of drug-likeness (QED) is 0.626. The van der Waals surface area contributed by atoms with Crippen molar-refractivity contribution >= 4 is 0 Å². The maximum atomic E-state index is 2.37. The fraction of sp³-hybridized carbons (Fsp3) is 0.389. The minimum atomic E-state index is 0.183. The highest BCUT2D eigenvalue weighted by Crippen LogP contribution is 2.49. The third-order valence-corrected chi connectivity index (χ3v) is 4.96. The molecule has 0 saturated heterocycles. The van der Waals surface area contributed by atoms with Crippen molar-refractivity contribution in [2.24, 2.45) is 7.05 Å². The predicted octanol–water partition coefficient (Wildman–Crippen LogP) is 3.88. The lowest BCUT2D eigenvalue weighted by Crippen LogP contribution is -2.39. The zero-order valence-electron chi connectivity index (χ0n) is 12.5. The first-order valence-electron chi connectivity index (χ1n) is 7.03. The second kappa shape index (κ2) is 3.93. The van der Waals surface area contributed by atoms with E-state index in [1.165, 1.54) is 27.9 Å². The van der Waals surface area contributed by atoms with Gasteiger partial charge in [-0.25, -0.2) is 4.57 Å². The summed E-state index contributed by atoms with van der Waals surface area (Å²) in [6, 6.07) is 11.2. The smallest absolute Gasteiger partial charge is 0.201 e. The molecule has 1 aromatic carbocycles. The van der Waals surface area contributed by atoms with E-state index < -0.39 is 0 Å². The lowest BCUT2D eigenvalue weighted by Gasteiger charge is -2.38. The first-order chi connectivity index (χ1) is 8.94. The van der Waals surface area contributed by atoms with Crippen LogP contribution in [0.3, 0.4) is 0 Å². The summed E-state index contributed by atoms with van der Waals surface area (Å²) in [5, 5.41) is 0. The van der Waals surface area contributed by atoms with Crippen LogP contribution >= 0.6 is 0 Å². The van der Waals surface area contributed by atoms with Gasteiger partial charge in [0.2, 0.25) is 5.69 Å². The van der Waals surface area contributed by atoms with Gasteiger partial charge in [-0.1, -0.05) is 39.0 Å². The van der Waals surface area contributed by atoms with Crippen LogP contribution < -0.4 is 4.57 Å². The lowest BCUT2D eigenvalue weighted by atomic mass is 9.64. The number of hydrogen-bond acceptors (Lipinski definition) is 0. The van der Waals surface area contributed by atoms with E-state index in [-0.39, 0.29) is 5.41 Å². The van der Waals surface area contributed by atoms with Crippen molar-refractivity contribution in [2.45, 2.75) is 39.0 Å². The molecule has 2 aromatic rings. The Morgan fingerprint density at radius 2 is 1.84 bits per heavy atom. The van der Waals surface area contributed by atoms with Crippen molar-refractivity contribution in [3.05, 3.63) is 53.2 Å². The number of pyridine rings is 1. The van der Waals surface area contributed by atoms with Crippen molar-refractivity contribution < 1.29 is 4.57 Å². The second-order valence-corrected chi connectivity index (χ2v) is 6.36. The topological polar surface area (TPSA) is 3.88 Å². The summed E-state index contributed by atoms with van der Waals surface area (Å²) in [7, 11) is 2.15. The molecule has 0 aliphatic heterocycles. The third kappa shape index (κ3) is 1.57. The molecule has 1 heteroatoms. The van der Waals surface area contributed by atoms with Crippen LogP contribution in [-0.4, -0.2) is 0 Å². The number of aryl methyl sites for hydroxylation is 2. The normalized spacial score (nSPS) is 19.7. The molecule has 1 heterocycles. The molecule has 0 saturated carbocycles. The van der Waals surface area contributed by atoms with Crippen LogP contribution in [0.15, 0.2) is 36.5 Å². The molecule has 0 radical (unpaired) electrons. The molecule has 3 rings (SSSR count). The third-order valence-electron chi connectivity index (χ3n) is 4.96. The molecule has 98 valence electrons. The van der Waals surface area contributed by atoms with Crippen LogP contribution in [0.4, 0.5) is 0 Å². The van der Waals surface area contributed by atoms with Crippen molar-refractivity contribution in [3.63, 3.8) is 0 Å². The second-order valence-electron chi connectivity index (χ2n) is 6.36. The van der Waals surface area contributed by atoms with Crippen LogP contribution in [0.2, 0.25) is 0 Å². The molecular formula is C18H22N+. The Hall–Kier alpha value is -1.63. The molecule has 1 atom stereocenters. The van der Waals surface area contributed by atoms with Gasteiger partial charge in [0, 0.05) is 11.6 Å². The Morgan fingerprint density at radius 3 is 2.58 bits per heavy atom. The highest BCUT2D eigenvalue weighted by molar-refractivity contribution is 5.73. The van der Waals surface area contributed by atoms with Gasteiger partial charge in [0.25, 0.3) is 0 Å². The van der Waals surface area contributed by atoms with Gasteiger partial charge in [-0.15, -0.1) is 0 Å². The zero-order valence-corrected chi connectivity index (χ0v) is 12.5. The van der Waals surface area contributed by atoms with E-state index in [1.807, 2.05) is 0 Å². The molecule has 19 heavy (non-hydrogen) atoms. The summed E-state index contributed by atoms with van der Waals surface area (Å²) < 4.78 is 2.27. The maximum Gasteiger partial charge on any atom is 0.216 e. The SMILES string of the molecule is Cc1cccc2c1-c1c(ccc[n+]1C)C(C)C2(C)C. The zero-order chi connectivity index (χ0) is 13.8. The highest BCUT2D eigenvalue weighted by Gasteiger charge is 2.41. The Labute approximate surface area is 115 Å². The van der Waals surface area contributed by atoms with Crippen LogP contribution in [0.1, 0.15) is 43.4 Å². The fourth-order valence-corrected chi connectivity index (χ4v) is 3.44.